The van der Waals surface area contributed by atoms with Crippen molar-refractivity contribution < 1.29 is 44.5 Å². The number of aliphatic hydroxyl groups excluding tert-OH is 3. The number of hydrogen-bond acceptors (Lipinski definition) is 10. The van der Waals surface area contributed by atoms with E-state index in [1.54, 1.807) is 21.3 Å². The molecule has 7 bridgehead atoms. The molecular weight excluding hydrogens is 446 g/mol. The summed E-state index contributed by atoms with van der Waals surface area (Å²) in [4.78, 5) is 2.17. The van der Waals surface area contributed by atoms with E-state index < -0.39 is 76.4 Å². The number of aliphatic hydroxyl groups is 5. The highest BCUT2D eigenvalue weighted by Crippen LogP contribution is 2.79. The summed E-state index contributed by atoms with van der Waals surface area (Å²) < 4.78 is 23.6. The van der Waals surface area contributed by atoms with Crippen molar-refractivity contribution in [3.63, 3.8) is 0 Å². The predicted molar refractivity (Wildman–Crippen MR) is 117 cm³/mol. The summed E-state index contributed by atoms with van der Waals surface area (Å²) in [7, 11) is 8.24. The van der Waals surface area contributed by atoms with E-state index >= 15 is 0 Å². The van der Waals surface area contributed by atoms with Gasteiger partial charge in [-0.05, 0) is 19.4 Å². The van der Waals surface area contributed by atoms with Crippen LogP contribution in [0, 0.1) is 34.5 Å². The summed E-state index contributed by atoms with van der Waals surface area (Å²) in [5.74, 6) is -2.05. The fourth-order valence-corrected chi connectivity index (χ4v) is 10.9. The van der Waals surface area contributed by atoms with Crippen molar-refractivity contribution in [3.8, 4) is 0 Å². The van der Waals surface area contributed by atoms with Gasteiger partial charge in [0.25, 0.3) is 0 Å². The summed E-state index contributed by atoms with van der Waals surface area (Å²) in [6.45, 7) is 0.836. The molecule has 194 valence electrons. The molecule has 1 aliphatic heterocycles. The van der Waals surface area contributed by atoms with Crippen LogP contribution in [-0.4, -0.2) is 133 Å². The monoisotopic (exact) mass is 485 g/mol. The molecule has 5 N–H and O–H groups in total. The lowest BCUT2D eigenvalue weighted by molar-refractivity contribution is -0.319. The Morgan fingerprint density at radius 3 is 2.24 bits per heavy atom. The van der Waals surface area contributed by atoms with Gasteiger partial charge in [0.15, 0.2) is 0 Å². The van der Waals surface area contributed by atoms with E-state index in [9.17, 15) is 25.5 Å². The van der Waals surface area contributed by atoms with Crippen molar-refractivity contribution in [2.24, 2.45) is 34.5 Å². The van der Waals surface area contributed by atoms with Crippen LogP contribution in [0.4, 0.5) is 0 Å². The molecule has 34 heavy (non-hydrogen) atoms. The Hall–Kier alpha value is -0.400. The lowest BCUT2D eigenvalue weighted by Crippen LogP contribution is -2.80. The molecular formula is C24H39NO9. The van der Waals surface area contributed by atoms with Crippen LogP contribution in [0.2, 0.25) is 0 Å². The first-order chi connectivity index (χ1) is 16.1. The second kappa shape index (κ2) is 7.12. The van der Waals surface area contributed by atoms with Gasteiger partial charge in [0.05, 0.1) is 31.0 Å². The molecule has 0 amide bonds. The molecule has 0 aromatic carbocycles. The minimum Gasteiger partial charge on any atom is -0.392 e. The Kier molecular flexibility index (Phi) is 5.02. The van der Waals surface area contributed by atoms with Gasteiger partial charge in [-0.1, -0.05) is 0 Å². The first kappa shape index (κ1) is 24.0. The first-order valence-electron chi connectivity index (χ1n) is 12.3. The van der Waals surface area contributed by atoms with Crippen LogP contribution in [-0.2, 0) is 18.9 Å². The van der Waals surface area contributed by atoms with Crippen LogP contribution in [0.3, 0.4) is 0 Å². The van der Waals surface area contributed by atoms with Crippen molar-refractivity contribution in [1.29, 1.82) is 0 Å². The van der Waals surface area contributed by atoms with E-state index in [1.807, 2.05) is 7.05 Å². The highest BCUT2D eigenvalue weighted by molar-refractivity contribution is 5.39. The fraction of sp³-hybridized carbons (Fsp3) is 1.00. The Labute approximate surface area is 199 Å². The second-order valence-electron chi connectivity index (χ2n) is 12.0. The number of rotatable bonds is 5. The van der Waals surface area contributed by atoms with Gasteiger partial charge >= 0.3 is 0 Å². The predicted octanol–water partition coefficient (Wildman–Crippen LogP) is -2.18. The fourth-order valence-electron chi connectivity index (χ4n) is 10.9. The molecule has 1 saturated heterocycles. The van der Waals surface area contributed by atoms with E-state index in [0.717, 1.165) is 0 Å². The molecule has 6 aliphatic rings. The lowest BCUT2D eigenvalue weighted by Gasteiger charge is -2.69. The molecule has 5 unspecified atom stereocenters. The Morgan fingerprint density at radius 2 is 1.65 bits per heavy atom. The molecule has 5 aliphatic carbocycles. The van der Waals surface area contributed by atoms with Gasteiger partial charge in [-0.25, -0.2) is 0 Å². The largest absolute Gasteiger partial charge is 0.392 e. The average Bonchev–Trinajstić information content (AvgIpc) is 3.17. The standard InChI is InChI=1S/C24H39NO9/c1-25-8-21(9-31-2)11(26)6-12(32-3)23-10-7-22(29)18(27)13(10)24(30,19(28)20(22)34-5)14(17(23)25)15(33-4)16(21)23/h10-20,26-30H,6-9H2,1-5H3/t10?,11-,12+,13?,14?,15+,16?,17?,18-,19+,20+,21+,22-,23+,24-/m1/s1. The molecule has 5 saturated carbocycles. The van der Waals surface area contributed by atoms with Gasteiger partial charge in [0.2, 0.25) is 0 Å². The zero-order valence-corrected chi connectivity index (χ0v) is 20.5. The minimum absolute atomic E-state index is 0.153. The van der Waals surface area contributed by atoms with Crippen LogP contribution < -0.4 is 0 Å². The number of likely N-dealkylation sites (tertiary alicyclic amines) is 1. The topological polar surface area (TPSA) is 141 Å². The van der Waals surface area contributed by atoms with Crippen molar-refractivity contribution in [2.45, 2.75) is 66.7 Å². The molecule has 6 fully saturated rings. The summed E-state index contributed by atoms with van der Waals surface area (Å²) in [6, 6.07) is -0.254. The molecule has 10 heteroatoms. The van der Waals surface area contributed by atoms with Gasteiger partial charge in [-0.3, -0.25) is 0 Å². The third-order valence-electron chi connectivity index (χ3n) is 11.4. The lowest BCUT2D eigenvalue weighted by atomic mass is 9.42. The van der Waals surface area contributed by atoms with E-state index in [4.69, 9.17) is 18.9 Å². The average molecular weight is 486 g/mol. The number of methoxy groups -OCH3 is 4. The van der Waals surface area contributed by atoms with Gasteiger partial charge < -0.3 is 49.4 Å². The maximum absolute atomic E-state index is 12.5. The first-order valence-corrected chi connectivity index (χ1v) is 12.3. The van der Waals surface area contributed by atoms with Crippen LogP contribution in [0.15, 0.2) is 0 Å². The Morgan fingerprint density at radius 1 is 0.941 bits per heavy atom. The van der Waals surface area contributed by atoms with Gasteiger partial charge in [-0.2, -0.15) is 0 Å². The van der Waals surface area contributed by atoms with E-state index in [2.05, 4.69) is 4.90 Å². The van der Waals surface area contributed by atoms with Gasteiger partial charge in [0.1, 0.15) is 23.4 Å². The maximum atomic E-state index is 12.5. The zero-order chi connectivity index (χ0) is 24.6. The second-order valence-corrected chi connectivity index (χ2v) is 12.0. The van der Waals surface area contributed by atoms with Crippen LogP contribution in [0.5, 0.6) is 0 Å². The third-order valence-corrected chi connectivity index (χ3v) is 11.4. The maximum Gasteiger partial charge on any atom is 0.120 e. The van der Waals surface area contributed by atoms with Gasteiger partial charge in [-0.15, -0.1) is 0 Å². The highest BCUT2D eigenvalue weighted by atomic mass is 16.5. The zero-order valence-electron chi connectivity index (χ0n) is 20.5. The molecule has 0 radical (unpaired) electrons. The molecule has 15 atom stereocenters. The van der Waals surface area contributed by atoms with Crippen molar-refractivity contribution in [1.82, 2.24) is 4.90 Å². The quantitative estimate of drug-likeness (QED) is 0.292. The summed E-state index contributed by atoms with van der Waals surface area (Å²) in [5.41, 5.74) is -4.81. The Balaban J connectivity index is 1.67. The number of hydrogen-bond donors (Lipinski definition) is 5. The SMILES string of the molecule is COC[C@]12CN(C)C3C4[C@H](OC)C1[C@]3(C1C[C@@]3(O)[C@H](O)C1[C@]4(O)[C@@H](O)[C@@H]3OC)[C@@H](OC)C[C@H]2O. The highest BCUT2D eigenvalue weighted by Gasteiger charge is 2.90. The van der Waals surface area contributed by atoms with Crippen molar-refractivity contribution in [3.05, 3.63) is 0 Å². The molecule has 6 rings (SSSR count). The number of nitrogens with zero attached hydrogens (tertiary/aromatic N) is 1. The number of fused-ring (bicyclic) bond motifs is 2. The summed E-state index contributed by atoms with van der Waals surface area (Å²) in [5, 5.41) is 58.9. The molecule has 1 spiro atoms. The molecule has 0 aromatic heterocycles. The molecule has 10 nitrogen and oxygen atoms in total. The summed E-state index contributed by atoms with van der Waals surface area (Å²) >= 11 is 0. The Bertz CT molecular complexity index is 862. The van der Waals surface area contributed by atoms with E-state index in [-0.39, 0.29) is 18.4 Å². The van der Waals surface area contributed by atoms with E-state index in [0.29, 0.717) is 19.6 Å². The van der Waals surface area contributed by atoms with E-state index in [1.165, 1.54) is 7.11 Å². The van der Waals surface area contributed by atoms with Gasteiger partial charge in [0, 0.05) is 76.0 Å². The van der Waals surface area contributed by atoms with Crippen LogP contribution >= 0.6 is 0 Å². The molecule has 1 heterocycles. The van der Waals surface area contributed by atoms with Crippen LogP contribution in [0.25, 0.3) is 0 Å². The molecule has 0 aromatic rings. The minimum atomic E-state index is -1.76. The normalized spacial score (nSPS) is 63.9. The smallest absolute Gasteiger partial charge is 0.120 e. The summed E-state index contributed by atoms with van der Waals surface area (Å²) in [6.07, 6.45) is -4.96. The van der Waals surface area contributed by atoms with Crippen LogP contribution in [0.1, 0.15) is 12.8 Å². The number of ether oxygens (including phenoxy) is 4. The van der Waals surface area contributed by atoms with Crippen molar-refractivity contribution in [2.75, 3.05) is 48.6 Å². The third kappa shape index (κ3) is 2.14. The van der Waals surface area contributed by atoms with Crippen molar-refractivity contribution >= 4 is 0 Å². The number of piperidine rings is 1.